The monoisotopic (exact) mass is 332 g/mol. The summed E-state index contributed by atoms with van der Waals surface area (Å²) in [5.74, 6) is 2.08. The number of aryl methyl sites for hydroxylation is 1. The summed E-state index contributed by atoms with van der Waals surface area (Å²) >= 11 is 0. The first-order chi connectivity index (χ1) is 11.6. The highest BCUT2D eigenvalue weighted by Crippen LogP contribution is 2.11. The zero-order chi connectivity index (χ0) is 17.4. The van der Waals surface area contributed by atoms with Gasteiger partial charge in [-0.2, -0.15) is 0 Å². The van der Waals surface area contributed by atoms with Gasteiger partial charge in [0.25, 0.3) is 0 Å². The van der Waals surface area contributed by atoms with Crippen molar-refractivity contribution in [3.63, 3.8) is 0 Å². The van der Waals surface area contributed by atoms with Crippen molar-refractivity contribution in [3.05, 3.63) is 29.8 Å². The third-order valence-electron chi connectivity index (χ3n) is 4.37. The Hall–Kier alpha value is -1.75. The van der Waals surface area contributed by atoms with Crippen LogP contribution in [0.25, 0.3) is 0 Å². The van der Waals surface area contributed by atoms with Crippen molar-refractivity contribution < 1.29 is 5.11 Å². The van der Waals surface area contributed by atoms with Crippen molar-refractivity contribution in [2.75, 3.05) is 46.3 Å². The molecule has 0 saturated carbocycles. The lowest BCUT2D eigenvalue weighted by Gasteiger charge is -2.37. The Labute approximate surface area is 146 Å². The van der Waals surface area contributed by atoms with Gasteiger partial charge < -0.3 is 15.3 Å². The summed E-state index contributed by atoms with van der Waals surface area (Å²) in [6.07, 6.45) is 2.06. The maximum absolute atomic E-state index is 9.31. The molecule has 0 bridgehead atoms. The Kier molecular flexibility index (Phi) is 7.37. The SMILES string of the molecule is CN=C(NCCCc1ccc(O)cc1)N1CCN(CC(C)C)CC1. The van der Waals surface area contributed by atoms with Gasteiger partial charge in [-0.05, 0) is 36.5 Å². The van der Waals surface area contributed by atoms with Crippen molar-refractivity contribution >= 4 is 5.96 Å². The second-order valence-corrected chi connectivity index (χ2v) is 6.93. The zero-order valence-electron chi connectivity index (χ0n) is 15.3. The summed E-state index contributed by atoms with van der Waals surface area (Å²) in [5, 5.41) is 12.8. The number of piperazine rings is 1. The number of hydrogen-bond acceptors (Lipinski definition) is 3. The zero-order valence-corrected chi connectivity index (χ0v) is 15.3. The van der Waals surface area contributed by atoms with Crippen LogP contribution in [0.1, 0.15) is 25.8 Å². The summed E-state index contributed by atoms with van der Waals surface area (Å²) in [6.45, 7) is 11.0. The summed E-state index contributed by atoms with van der Waals surface area (Å²) in [4.78, 5) is 9.33. The van der Waals surface area contributed by atoms with E-state index in [1.165, 1.54) is 12.1 Å². The van der Waals surface area contributed by atoms with Crippen LogP contribution in [0, 0.1) is 5.92 Å². The third kappa shape index (κ3) is 6.04. The minimum Gasteiger partial charge on any atom is -0.508 e. The Balaban J connectivity index is 1.68. The lowest BCUT2D eigenvalue weighted by atomic mass is 10.1. The number of guanidine groups is 1. The predicted octanol–water partition coefficient (Wildman–Crippen LogP) is 2.17. The smallest absolute Gasteiger partial charge is 0.193 e. The van der Waals surface area contributed by atoms with E-state index in [0.29, 0.717) is 5.75 Å². The normalized spacial score (nSPS) is 16.7. The van der Waals surface area contributed by atoms with E-state index in [0.717, 1.165) is 57.4 Å². The average molecular weight is 332 g/mol. The molecule has 1 aromatic rings. The van der Waals surface area contributed by atoms with E-state index in [9.17, 15) is 5.11 Å². The predicted molar refractivity (Wildman–Crippen MR) is 101 cm³/mol. The summed E-state index contributed by atoms with van der Waals surface area (Å²) in [6, 6.07) is 7.47. The second kappa shape index (κ2) is 9.52. The summed E-state index contributed by atoms with van der Waals surface area (Å²) < 4.78 is 0. The van der Waals surface area contributed by atoms with Gasteiger partial charge in [-0.3, -0.25) is 9.89 Å². The highest BCUT2D eigenvalue weighted by Gasteiger charge is 2.19. The van der Waals surface area contributed by atoms with Crippen molar-refractivity contribution in [2.45, 2.75) is 26.7 Å². The van der Waals surface area contributed by atoms with E-state index in [4.69, 9.17) is 0 Å². The molecule has 24 heavy (non-hydrogen) atoms. The first-order valence-electron chi connectivity index (χ1n) is 9.04. The molecule has 5 heteroatoms. The molecule has 134 valence electrons. The summed E-state index contributed by atoms with van der Waals surface area (Å²) in [5.41, 5.74) is 1.26. The fourth-order valence-corrected chi connectivity index (χ4v) is 3.15. The Bertz CT molecular complexity index is 505. The van der Waals surface area contributed by atoms with Crippen LogP contribution in [0.15, 0.2) is 29.3 Å². The molecule has 0 atom stereocenters. The summed E-state index contributed by atoms with van der Waals surface area (Å²) in [7, 11) is 1.86. The third-order valence-corrected chi connectivity index (χ3v) is 4.37. The molecular formula is C19H32N4O. The van der Waals surface area contributed by atoms with Gasteiger partial charge >= 0.3 is 0 Å². The van der Waals surface area contributed by atoms with Crippen LogP contribution in [0.2, 0.25) is 0 Å². The number of phenols is 1. The number of benzene rings is 1. The molecular weight excluding hydrogens is 300 g/mol. The number of aliphatic imine (C=N–C) groups is 1. The fourth-order valence-electron chi connectivity index (χ4n) is 3.15. The molecule has 0 spiro atoms. The first-order valence-corrected chi connectivity index (χ1v) is 9.04. The molecule has 0 radical (unpaired) electrons. The van der Waals surface area contributed by atoms with Crippen LogP contribution in [-0.4, -0.2) is 67.2 Å². The van der Waals surface area contributed by atoms with Gasteiger partial charge in [0.05, 0.1) is 0 Å². The quantitative estimate of drug-likeness (QED) is 0.476. The van der Waals surface area contributed by atoms with Crippen molar-refractivity contribution in [2.24, 2.45) is 10.9 Å². The van der Waals surface area contributed by atoms with E-state index in [2.05, 4.69) is 34.0 Å². The number of nitrogens with one attached hydrogen (secondary N) is 1. The maximum Gasteiger partial charge on any atom is 0.193 e. The molecule has 1 aliphatic rings. The molecule has 2 N–H and O–H groups in total. The second-order valence-electron chi connectivity index (χ2n) is 6.93. The fraction of sp³-hybridized carbons (Fsp3) is 0.632. The molecule has 0 aromatic heterocycles. The van der Waals surface area contributed by atoms with Crippen LogP contribution in [-0.2, 0) is 6.42 Å². The maximum atomic E-state index is 9.31. The molecule has 0 amide bonds. The highest BCUT2D eigenvalue weighted by molar-refractivity contribution is 5.79. The van der Waals surface area contributed by atoms with Crippen molar-refractivity contribution in [1.29, 1.82) is 0 Å². The minimum atomic E-state index is 0.328. The Morgan fingerprint density at radius 2 is 1.83 bits per heavy atom. The molecule has 5 nitrogen and oxygen atoms in total. The van der Waals surface area contributed by atoms with Gasteiger partial charge in [0.2, 0.25) is 0 Å². The lowest BCUT2D eigenvalue weighted by molar-refractivity contribution is 0.164. The number of hydrogen-bond donors (Lipinski definition) is 2. The van der Waals surface area contributed by atoms with E-state index >= 15 is 0 Å². The van der Waals surface area contributed by atoms with Crippen LogP contribution in [0.4, 0.5) is 0 Å². The van der Waals surface area contributed by atoms with Gasteiger partial charge in [0.15, 0.2) is 5.96 Å². The van der Waals surface area contributed by atoms with E-state index in [1.807, 2.05) is 19.2 Å². The standard InChI is InChI=1S/C19H32N4O/c1-16(2)15-22-11-13-23(14-12-22)19(20-3)21-10-4-5-17-6-8-18(24)9-7-17/h6-9,16,24H,4-5,10-15H2,1-3H3,(H,20,21). The van der Waals surface area contributed by atoms with Gasteiger partial charge in [0.1, 0.15) is 5.75 Å². The lowest BCUT2D eigenvalue weighted by Crippen LogP contribution is -2.53. The van der Waals surface area contributed by atoms with Crippen molar-refractivity contribution in [1.82, 2.24) is 15.1 Å². The number of nitrogens with zero attached hydrogens (tertiary/aromatic N) is 3. The van der Waals surface area contributed by atoms with Gasteiger partial charge in [-0.25, -0.2) is 0 Å². The Morgan fingerprint density at radius 3 is 2.42 bits per heavy atom. The molecule has 1 aliphatic heterocycles. The van der Waals surface area contributed by atoms with Gasteiger partial charge in [-0.1, -0.05) is 26.0 Å². The van der Waals surface area contributed by atoms with Crippen molar-refractivity contribution in [3.8, 4) is 5.75 Å². The van der Waals surface area contributed by atoms with Crippen LogP contribution >= 0.6 is 0 Å². The van der Waals surface area contributed by atoms with Crippen LogP contribution in [0.5, 0.6) is 5.75 Å². The van der Waals surface area contributed by atoms with Gasteiger partial charge in [0, 0.05) is 46.3 Å². The van der Waals surface area contributed by atoms with Gasteiger partial charge in [-0.15, -0.1) is 0 Å². The number of aromatic hydroxyl groups is 1. The molecule has 0 aliphatic carbocycles. The first kappa shape index (κ1) is 18.6. The van der Waals surface area contributed by atoms with E-state index in [-0.39, 0.29) is 0 Å². The highest BCUT2D eigenvalue weighted by atomic mass is 16.3. The minimum absolute atomic E-state index is 0.328. The number of phenolic OH excluding ortho intramolecular Hbond substituents is 1. The van der Waals surface area contributed by atoms with E-state index < -0.39 is 0 Å². The average Bonchev–Trinajstić information content (AvgIpc) is 2.57. The molecule has 1 heterocycles. The largest absolute Gasteiger partial charge is 0.508 e. The Morgan fingerprint density at radius 1 is 1.17 bits per heavy atom. The molecule has 2 rings (SSSR count). The van der Waals surface area contributed by atoms with E-state index in [1.54, 1.807) is 12.1 Å². The van der Waals surface area contributed by atoms with Crippen LogP contribution in [0.3, 0.4) is 0 Å². The molecule has 1 fully saturated rings. The van der Waals surface area contributed by atoms with Crippen LogP contribution < -0.4 is 5.32 Å². The molecule has 0 unspecified atom stereocenters. The molecule has 1 saturated heterocycles. The topological polar surface area (TPSA) is 51.1 Å². The molecule has 1 aromatic carbocycles. The number of rotatable bonds is 6.